The molecule has 0 amide bonds. The van der Waals surface area contributed by atoms with Gasteiger partial charge in [0.25, 0.3) is 0 Å². The highest BCUT2D eigenvalue weighted by Gasteiger charge is 2.10. The van der Waals surface area contributed by atoms with Crippen molar-refractivity contribution in [1.29, 1.82) is 0 Å². The molecule has 0 radical (unpaired) electrons. The van der Waals surface area contributed by atoms with Crippen LogP contribution in [0.3, 0.4) is 0 Å². The maximum atomic E-state index is 5.93. The standard InChI is InChI=1S/C17H20N2O/c18-8-7-13-9-17(12-19-11-13)20-16-6-5-14-3-1-2-4-15(14)10-16/h5-6,9-12H,1-4,7-8,18H2. The molecule has 0 saturated heterocycles. The van der Waals surface area contributed by atoms with E-state index in [1.807, 2.05) is 12.3 Å². The van der Waals surface area contributed by atoms with Crippen molar-refractivity contribution in [2.45, 2.75) is 32.1 Å². The van der Waals surface area contributed by atoms with Crippen LogP contribution in [0.15, 0.2) is 36.7 Å². The second kappa shape index (κ2) is 6.06. The zero-order chi connectivity index (χ0) is 13.8. The van der Waals surface area contributed by atoms with Crippen molar-refractivity contribution in [2.75, 3.05) is 6.54 Å². The molecule has 3 heteroatoms. The van der Waals surface area contributed by atoms with Gasteiger partial charge in [-0.15, -0.1) is 0 Å². The first-order chi connectivity index (χ1) is 9.85. The lowest BCUT2D eigenvalue weighted by atomic mass is 9.92. The molecule has 104 valence electrons. The zero-order valence-electron chi connectivity index (χ0n) is 11.6. The Balaban J connectivity index is 1.78. The minimum absolute atomic E-state index is 0.629. The van der Waals surface area contributed by atoms with Crippen molar-refractivity contribution in [3.8, 4) is 11.5 Å². The number of hydrogen-bond acceptors (Lipinski definition) is 3. The number of benzene rings is 1. The number of fused-ring (bicyclic) bond motifs is 1. The Labute approximate surface area is 119 Å². The first-order valence-electron chi connectivity index (χ1n) is 7.29. The molecule has 0 spiro atoms. The van der Waals surface area contributed by atoms with Gasteiger partial charge in [0.1, 0.15) is 11.5 Å². The number of rotatable bonds is 4. The smallest absolute Gasteiger partial charge is 0.145 e. The minimum Gasteiger partial charge on any atom is -0.456 e. The van der Waals surface area contributed by atoms with Gasteiger partial charge in [0, 0.05) is 6.20 Å². The maximum Gasteiger partial charge on any atom is 0.145 e. The van der Waals surface area contributed by atoms with E-state index in [9.17, 15) is 0 Å². The molecule has 1 aliphatic carbocycles. The van der Waals surface area contributed by atoms with Crippen molar-refractivity contribution in [1.82, 2.24) is 4.98 Å². The topological polar surface area (TPSA) is 48.1 Å². The van der Waals surface area contributed by atoms with Crippen LogP contribution in [0.25, 0.3) is 0 Å². The molecular formula is C17H20N2O. The summed E-state index contributed by atoms with van der Waals surface area (Å²) in [4.78, 5) is 4.21. The molecule has 0 atom stereocenters. The van der Waals surface area contributed by atoms with Crippen LogP contribution >= 0.6 is 0 Å². The SMILES string of the molecule is NCCc1cncc(Oc2ccc3c(c2)CCCC3)c1. The van der Waals surface area contributed by atoms with E-state index >= 15 is 0 Å². The molecule has 3 nitrogen and oxygen atoms in total. The molecule has 0 fully saturated rings. The predicted molar refractivity (Wildman–Crippen MR) is 80.2 cm³/mol. The van der Waals surface area contributed by atoms with Gasteiger partial charge >= 0.3 is 0 Å². The van der Waals surface area contributed by atoms with Crippen LogP contribution in [0.2, 0.25) is 0 Å². The van der Waals surface area contributed by atoms with Gasteiger partial charge in [0.2, 0.25) is 0 Å². The van der Waals surface area contributed by atoms with Crippen LogP contribution in [0.5, 0.6) is 11.5 Å². The summed E-state index contributed by atoms with van der Waals surface area (Å²) in [6.07, 6.45) is 9.36. The summed E-state index contributed by atoms with van der Waals surface area (Å²) in [5, 5.41) is 0. The Morgan fingerprint density at radius 2 is 1.85 bits per heavy atom. The first kappa shape index (κ1) is 13.1. The van der Waals surface area contributed by atoms with Gasteiger partial charge in [-0.05, 0) is 73.5 Å². The van der Waals surface area contributed by atoms with Crippen molar-refractivity contribution < 1.29 is 4.74 Å². The van der Waals surface area contributed by atoms with Gasteiger partial charge in [-0.1, -0.05) is 6.07 Å². The van der Waals surface area contributed by atoms with E-state index in [0.717, 1.165) is 29.9 Å². The molecule has 1 aliphatic rings. The minimum atomic E-state index is 0.629. The van der Waals surface area contributed by atoms with E-state index in [0.29, 0.717) is 6.54 Å². The highest BCUT2D eigenvalue weighted by atomic mass is 16.5. The lowest BCUT2D eigenvalue weighted by Gasteiger charge is -2.16. The molecule has 1 heterocycles. The number of pyridine rings is 1. The third kappa shape index (κ3) is 2.99. The van der Waals surface area contributed by atoms with Crippen molar-refractivity contribution >= 4 is 0 Å². The van der Waals surface area contributed by atoms with Crippen molar-refractivity contribution in [3.05, 3.63) is 53.3 Å². The summed E-state index contributed by atoms with van der Waals surface area (Å²) in [5.74, 6) is 1.68. The molecule has 20 heavy (non-hydrogen) atoms. The lowest BCUT2D eigenvalue weighted by Crippen LogP contribution is -2.03. The predicted octanol–water partition coefficient (Wildman–Crippen LogP) is 3.25. The van der Waals surface area contributed by atoms with E-state index in [1.54, 1.807) is 6.20 Å². The van der Waals surface area contributed by atoms with Crippen LogP contribution in [-0.2, 0) is 19.3 Å². The van der Waals surface area contributed by atoms with Gasteiger partial charge in [-0.2, -0.15) is 0 Å². The molecule has 1 aromatic carbocycles. The highest BCUT2D eigenvalue weighted by molar-refractivity contribution is 5.39. The third-order valence-electron chi connectivity index (χ3n) is 3.76. The summed E-state index contributed by atoms with van der Waals surface area (Å²) in [6, 6.07) is 8.43. The second-order valence-corrected chi connectivity index (χ2v) is 5.31. The van der Waals surface area contributed by atoms with Gasteiger partial charge < -0.3 is 10.5 Å². The van der Waals surface area contributed by atoms with Crippen LogP contribution in [0.1, 0.15) is 29.5 Å². The second-order valence-electron chi connectivity index (χ2n) is 5.31. The molecule has 0 aliphatic heterocycles. The summed E-state index contributed by atoms with van der Waals surface area (Å²) in [6.45, 7) is 0.629. The number of nitrogens with zero attached hydrogens (tertiary/aromatic N) is 1. The number of hydrogen-bond donors (Lipinski definition) is 1. The number of ether oxygens (including phenoxy) is 1. The molecule has 0 saturated carbocycles. The summed E-state index contributed by atoms with van der Waals surface area (Å²) >= 11 is 0. The van der Waals surface area contributed by atoms with Gasteiger partial charge in [-0.3, -0.25) is 4.98 Å². The maximum absolute atomic E-state index is 5.93. The van der Waals surface area contributed by atoms with Crippen LogP contribution < -0.4 is 10.5 Å². The molecule has 2 N–H and O–H groups in total. The molecule has 1 aromatic heterocycles. The molecule has 0 unspecified atom stereocenters. The Morgan fingerprint density at radius 3 is 2.70 bits per heavy atom. The van der Waals surface area contributed by atoms with Crippen molar-refractivity contribution in [3.63, 3.8) is 0 Å². The Morgan fingerprint density at radius 1 is 1.00 bits per heavy atom. The quantitative estimate of drug-likeness (QED) is 0.926. The van der Waals surface area contributed by atoms with E-state index in [4.69, 9.17) is 10.5 Å². The highest BCUT2D eigenvalue weighted by Crippen LogP contribution is 2.28. The lowest BCUT2D eigenvalue weighted by molar-refractivity contribution is 0.477. The Bertz CT molecular complexity index is 595. The van der Waals surface area contributed by atoms with Gasteiger partial charge in [-0.25, -0.2) is 0 Å². The number of aryl methyl sites for hydroxylation is 2. The molecule has 3 rings (SSSR count). The third-order valence-corrected chi connectivity index (χ3v) is 3.76. The fourth-order valence-electron chi connectivity index (χ4n) is 2.73. The monoisotopic (exact) mass is 268 g/mol. The molecule has 0 bridgehead atoms. The van der Waals surface area contributed by atoms with Crippen molar-refractivity contribution in [2.24, 2.45) is 5.73 Å². The van der Waals surface area contributed by atoms with Crippen LogP contribution in [-0.4, -0.2) is 11.5 Å². The van der Waals surface area contributed by atoms with E-state index in [1.165, 1.54) is 30.4 Å². The Kier molecular flexibility index (Phi) is 3.97. The zero-order valence-corrected chi connectivity index (χ0v) is 11.6. The number of nitrogens with two attached hydrogens (primary N) is 1. The molecular weight excluding hydrogens is 248 g/mol. The largest absolute Gasteiger partial charge is 0.456 e. The van der Waals surface area contributed by atoms with E-state index < -0.39 is 0 Å². The van der Waals surface area contributed by atoms with E-state index in [-0.39, 0.29) is 0 Å². The average Bonchev–Trinajstić information content (AvgIpc) is 2.48. The summed E-state index contributed by atoms with van der Waals surface area (Å²) < 4.78 is 5.93. The number of aromatic nitrogens is 1. The van der Waals surface area contributed by atoms with Gasteiger partial charge in [0.15, 0.2) is 0 Å². The molecule has 2 aromatic rings. The van der Waals surface area contributed by atoms with Crippen LogP contribution in [0.4, 0.5) is 0 Å². The first-order valence-corrected chi connectivity index (χ1v) is 7.29. The average molecular weight is 268 g/mol. The fraction of sp³-hybridized carbons (Fsp3) is 0.353. The normalized spacial score (nSPS) is 13.8. The van der Waals surface area contributed by atoms with Gasteiger partial charge in [0.05, 0.1) is 6.20 Å². The summed E-state index contributed by atoms with van der Waals surface area (Å²) in [7, 11) is 0. The van der Waals surface area contributed by atoms with Crippen LogP contribution in [0, 0.1) is 0 Å². The summed E-state index contributed by atoms with van der Waals surface area (Å²) in [5.41, 5.74) is 9.59. The fourth-order valence-corrected chi connectivity index (χ4v) is 2.73. The van der Waals surface area contributed by atoms with E-state index in [2.05, 4.69) is 23.2 Å². The Hall–Kier alpha value is -1.87.